The first-order valence-electron chi connectivity index (χ1n) is 8.00. The van der Waals surface area contributed by atoms with Crippen LogP contribution in [0.2, 0.25) is 0 Å². The molecule has 1 N–H and O–H groups in total. The number of aromatic nitrogens is 3. The molecule has 0 radical (unpaired) electrons. The number of nitrogens with one attached hydrogen (secondary N) is 1. The zero-order valence-corrected chi connectivity index (χ0v) is 15.0. The van der Waals surface area contributed by atoms with Crippen LogP contribution < -0.4 is 5.32 Å². The van der Waals surface area contributed by atoms with Gasteiger partial charge in [-0.1, -0.05) is 50.7 Å². The number of rotatable bonds is 7. The third kappa shape index (κ3) is 4.34. The van der Waals surface area contributed by atoms with Gasteiger partial charge in [0.05, 0.1) is 5.75 Å². The summed E-state index contributed by atoms with van der Waals surface area (Å²) in [7, 11) is 0. The summed E-state index contributed by atoms with van der Waals surface area (Å²) in [4.78, 5) is 12.2. The molecule has 2 aromatic rings. The van der Waals surface area contributed by atoms with E-state index < -0.39 is 0 Å². The summed E-state index contributed by atoms with van der Waals surface area (Å²) in [6.45, 7) is 9.15. The lowest BCUT2D eigenvalue weighted by Crippen LogP contribution is -2.16. The Hall–Kier alpha value is -1.82. The molecule has 0 unspecified atom stereocenters. The average Bonchev–Trinajstić information content (AvgIpc) is 2.96. The van der Waals surface area contributed by atoms with Crippen LogP contribution >= 0.6 is 11.8 Å². The van der Waals surface area contributed by atoms with E-state index in [-0.39, 0.29) is 5.91 Å². The minimum absolute atomic E-state index is 0.0207. The molecule has 6 heteroatoms. The third-order valence-electron chi connectivity index (χ3n) is 3.58. The number of anilines is 1. The number of thioether (sulfide) groups is 1. The summed E-state index contributed by atoms with van der Waals surface area (Å²) in [5.41, 5.74) is 2.03. The van der Waals surface area contributed by atoms with E-state index in [4.69, 9.17) is 0 Å². The van der Waals surface area contributed by atoms with E-state index in [0.717, 1.165) is 35.2 Å². The van der Waals surface area contributed by atoms with E-state index >= 15 is 0 Å². The van der Waals surface area contributed by atoms with Crippen LogP contribution in [-0.4, -0.2) is 26.4 Å². The second-order valence-corrected chi connectivity index (χ2v) is 6.53. The van der Waals surface area contributed by atoms with Crippen LogP contribution in [0.4, 0.5) is 5.69 Å². The molecule has 1 heterocycles. The van der Waals surface area contributed by atoms with Crippen molar-refractivity contribution < 1.29 is 4.79 Å². The van der Waals surface area contributed by atoms with Gasteiger partial charge in [0.2, 0.25) is 5.91 Å². The number of aryl methyl sites for hydroxylation is 1. The van der Waals surface area contributed by atoms with Gasteiger partial charge in [-0.3, -0.25) is 4.79 Å². The van der Waals surface area contributed by atoms with Crippen molar-refractivity contribution in [2.45, 2.75) is 51.7 Å². The van der Waals surface area contributed by atoms with E-state index in [2.05, 4.69) is 47.8 Å². The van der Waals surface area contributed by atoms with Crippen LogP contribution in [0.5, 0.6) is 0 Å². The summed E-state index contributed by atoms with van der Waals surface area (Å²) in [6.07, 6.45) is 0.894. The van der Waals surface area contributed by atoms with E-state index in [1.807, 2.05) is 24.3 Å². The van der Waals surface area contributed by atoms with Crippen molar-refractivity contribution in [2.24, 2.45) is 0 Å². The number of carbonyl (C=O) groups is 1. The second kappa shape index (κ2) is 8.15. The second-order valence-electron chi connectivity index (χ2n) is 5.59. The van der Waals surface area contributed by atoms with Gasteiger partial charge >= 0.3 is 0 Å². The van der Waals surface area contributed by atoms with Crippen molar-refractivity contribution in [3.05, 3.63) is 35.7 Å². The number of nitrogens with zero attached hydrogens (tertiary/aromatic N) is 3. The fourth-order valence-corrected chi connectivity index (χ4v) is 3.21. The zero-order valence-electron chi connectivity index (χ0n) is 14.2. The maximum absolute atomic E-state index is 12.2. The number of hydrogen-bond donors (Lipinski definition) is 1. The molecule has 0 fully saturated rings. The lowest BCUT2D eigenvalue weighted by molar-refractivity contribution is -0.113. The first kappa shape index (κ1) is 17.5. The number of hydrogen-bond acceptors (Lipinski definition) is 4. The van der Waals surface area contributed by atoms with Crippen molar-refractivity contribution in [3.63, 3.8) is 0 Å². The largest absolute Gasteiger partial charge is 0.325 e. The minimum atomic E-state index is -0.0207. The Bertz CT molecular complexity index is 666. The predicted molar refractivity (Wildman–Crippen MR) is 95.0 cm³/mol. The Balaban J connectivity index is 2.00. The van der Waals surface area contributed by atoms with E-state index in [1.165, 1.54) is 11.8 Å². The van der Waals surface area contributed by atoms with Crippen LogP contribution in [0.1, 0.15) is 45.0 Å². The van der Waals surface area contributed by atoms with Crippen LogP contribution in [0.25, 0.3) is 0 Å². The minimum Gasteiger partial charge on any atom is -0.325 e. The number of carbonyl (C=O) groups excluding carboxylic acids is 1. The molecule has 0 saturated heterocycles. The monoisotopic (exact) mass is 332 g/mol. The predicted octanol–water partition coefficient (Wildman–Crippen LogP) is 3.71. The first-order chi connectivity index (χ1) is 11.1. The number of amides is 1. The number of benzene rings is 1. The lowest BCUT2D eigenvalue weighted by Gasteiger charge is -2.10. The van der Waals surface area contributed by atoms with Gasteiger partial charge < -0.3 is 9.88 Å². The third-order valence-corrected chi connectivity index (χ3v) is 4.55. The molecule has 0 bridgehead atoms. The SMILES string of the molecule is CCc1ccccc1NC(=O)CSc1nnc(C(C)C)n1CC. The Morgan fingerprint density at radius 3 is 2.65 bits per heavy atom. The molecule has 0 aliphatic rings. The zero-order chi connectivity index (χ0) is 16.8. The maximum Gasteiger partial charge on any atom is 0.234 e. The van der Waals surface area contributed by atoms with Crippen LogP contribution in [0.15, 0.2) is 29.4 Å². The molecule has 5 nitrogen and oxygen atoms in total. The molecule has 0 aliphatic heterocycles. The smallest absolute Gasteiger partial charge is 0.234 e. The van der Waals surface area contributed by atoms with Crippen LogP contribution in [0.3, 0.4) is 0 Å². The molecule has 0 spiro atoms. The number of para-hydroxylation sites is 1. The van der Waals surface area contributed by atoms with Gasteiger partial charge in [-0.05, 0) is 25.0 Å². The summed E-state index contributed by atoms with van der Waals surface area (Å²) >= 11 is 1.43. The van der Waals surface area contributed by atoms with Crippen LogP contribution in [-0.2, 0) is 17.8 Å². The van der Waals surface area contributed by atoms with Gasteiger partial charge in [0.25, 0.3) is 0 Å². The molecule has 0 atom stereocenters. The van der Waals surface area contributed by atoms with E-state index in [1.54, 1.807) is 0 Å². The van der Waals surface area contributed by atoms with Crippen LogP contribution in [0, 0.1) is 0 Å². The van der Waals surface area contributed by atoms with Gasteiger partial charge in [0.15, 0.2) is 5.16 Å². The molecule has 0 aliphatic carbocycles. The molecule has 2 rings (SSSR count). The van der Waals surface area contributed by atoms with Gasteiger partial charge in [-0.25, -0.2) is 0 Å². The fraction of sp³-hybridized carbons (Fsp3) is 0.471. The highest BCUT2D eigenvalue weighted by Gasteiger charge is 2.15. The van der Waals surface area contributed by atoms with E-state index in [0.29, 0.717) is 11.7 Å². The Morgan fingerprint density at radius 1 is 1.26 bits per heavy atom. The summed E-state index contributed by atoms with van der Waals surface area (Å²) in [5.74, 6) is 1.59. The highest BCUT2D eigenvalue weighted by molar-refractivity contribution is 7.99. The highest BCUT2D eigenvalue weighted by Crippen LogP contribution is 2.22. The molecule has 1 amide bonds. The first-order valence-corrected chi connectivity index (χ1v) is 8.99. The molecular weight excluding hydrogens is 308 g/mol. The average molecular weight is 332 g/mol. The standard InChI is InChI=1S/C17H24N4OS/c1-5-13-9-7-8-10-14(13)18-15(22)11-23-17-20-19-16(12(3)4)21(17)6-2/h7-10,12H,5-6,11H2,1-4H3,(H,18,22). The molecule has 1 aromatic heterocycles. The summed E-state index contributed by atoms with van der Waals surface area (Å²) < 4.78 is 2.07. The van der Waals surface area contributed by atoms with E-state index in [9.17, 15) is 4.79 Å². The lowest BCUT2D eigenvalue weighted by atomic mass is 10.1. The van der Waals surface area contributed by atoms with Gasteiger partial charge in [0.1, 0.15) is 5.82 Å². The van der Waals surface area contributed by atoms with Gasteiger partial charge in [-0.2, -0.15) is 0 Å². The maximum atomic E-state index is 12.2. The molecule has 124 valence electrons. The van der Waals surface area contributed by atoms with Crippen molar-refractivity contribution in [2.75, 3.05) is 11.1 Å². The molecule has 1 aromatic carbocycles. The summed E-state index contributed by atoms with van der Waals surface area (Å²) in [5, 5.41) is 12.2. The Kier molecular flexibility index (Phi) is 6.21. The molecule has 23 heavy (non-hydrogen) atoms. The molecule has 0 saturated carbocycles. The van der Waals surface area contributed by atoms with Crippen molar-refractivity contribution in [3.8, 4) is 0 Å². The normalized spacial score (nSPS) is 11.0. The Labute approximate surface area is 141 Å². The Morgan fingerprint density at radius 2 is 2.00 bits per heavy atom. The van der Waals surface area contributed by atoms with Crippen molar-refractivity contribution in [1.29, 1.82) is 0 Å². The molecular formula is C17H24N4OS. The highest BCUT2D eigenvalue weighted by atomic mass is 32.2. The van der Waals surface area contributed by atoms with Gasteiger partial charge in [0, 0.05) is 18.2 Å². The fourth-order valence-electron chi connectivity index (χ4n) is 2.40. The topological polar surface area (TPSA) is 59.8 Å². The van der Waals surface area contributed by atoms with Gasteiger partial charge in [-0.15, -0.1) is 10.2 Å². The quantitative estimate of drug-likeness (QED) is 0.785. The summed E-state index contributed by atoms with van der Waals surface area (Å²) in [6, 6.07) is 7.89. The van der Waals surface area contributed by atoms with Crippen molar-refractivity contribution >= 4 is 23.4 Å². The van der Waals surface area contributed by atoms with Crippen molar-refractivity contribution in [1.82, 2.24) is 14.8 Å².